The van der Waals surface area contributed by atoms with E-state index in [2.05, 4.69) is 27.2 Å². The van der Waals surface area contributed by atoms with Crippen molar-refractivity contribution < 1.29 is 13.2 Å². The number of ether oxygens (including phenoxy) is 1. The Bertz CT molecular complexity index is 637. The van der Waals surface area contributed by atoms with E-state index in [0.717, 1.165) is 28.6 Å². The van der Waals surface area contributed by atoms with Gasteiger partial charge in [-0.3, -0.25) is 0 Å². The van der Waals surface area contributed by atoms with Crippen LogP contribution in [0.3, 0.4) is 0 Å². The third-order valence-corrected chi connectivity index (χ3v) is 5.69. The van der Waals surface area contributed by atoms with Crippen LogP contribution in [-0.2, 0) is 16.4 Å². The molecular formula is C15H18BrNO3S. The minimum absolute atomic E-state index is 0.00298. The molecule has 0 spiro atoms. The van der Waals surface area contributed by atoms with Gasteiger partial charge in [0.15, 0.2) is 9.84 Å². The van der Waals surface area contributed by atoms with Crippen molar-refractivity contribution in [2.75, 3.05) is 18.1 Å². The molecule has 1 heterocycles. The molecule has 1 unspecified atom stereocenters. The molecule has 1 fully saturated rings. The summed E-state index contributed by atoms with van der Waals surface area (Å²) in [7, 11) is -2.90. The number of sulfone groups is 1. The third-order valence-electron chi connectivity index (χ3n) is 3.38. The smallest absolute Gasteiger partial charge is 0.151 e. The molecule has 0 amide bonds. The first-order valence-corrected chi connectivity index (χ1v) is 9.40. The van der Waals surface area contributed by atoms with E-state index in [0.29, 0.717) is 12.3 Å². The quantitative estimate of drug-likeness (QED) is 0.805. The molecule has 0 bridgehead atoms. The molecule has 1 aliphatic rings. The van der Waals surface area contributed by atoms with Gasteiger partial charge >= 0.3 is 0 Å². The average Bonchev–Trinajstić information content (AvgIpc) is 2.43. The molecular weight excluding hydrogens is 354 g/mol. The molecule has 6 heteroatoms. The second-order valence-electron chi connectivity index (χ2n) is 5.08. The average molecular weight is 372 g/mol. The van der Waals surface area contributed by atoms with Crippen LogP contribution in [0.5, 0.6) is 5.75 Å². The summed E-state index contributed by atoms with van der Waals surface area (Å²) in [6.07, 6.45) is 6.81. The van der Waals surface area contributed by atoms with E-state index in [-0.39, 0.29) is 18.4 Å². The predicted molar refractivity (Wildman–Crippen MR) is 87.0 cm³/mol. The van der Waals surface area contributed by atoms with E-state index >= 15 is 0 Å². The Labute approximate surface area is 134 Å². The van der Waals surface area contributed by atoms with Crippen LogP contribution in [0, 0.1) is 12.3 Å². The molecule has 1 saturated heterocycles. The standard InChI is InChI=1S/C15H18BrNO3S/c1-2-7-20-15-6-5-13(16)9-12(15)10-17-14-4-3-8-21(18,19)11-14/h1,5-6,9,14,17H,3-4,7-8,10-11H2. The zero-order valence-corrected chi connectivity index (χ0v) is 14.0. The highest BCUT2D eigenvalue weighted by molar-refractivity contribution is 9.10. The zero-order valence-electron chi connectivity index (χ0n) is 11.6. The van der Waals surface area contributed by atoms with Gasteiger partial charge in [-0.15, -0.1) is 6.42 Å². The summed E-state index contributed by atoms with van der Waals surface area (Å²) in [5.74, 6) is 3.68. The van der Waals surface area contributed by atoms with Crippen LogP contribution in [0.2, 0.25) is 0 Å². The van der Waals surface area contributed by atoms with Gasteiger partial charge in [0, 0.05) is 22.6 Å². The summed E-state index contributed by atoms with van der Waals surface area (Å²) in [5.41, 5.74) is 0.961. The van der Waals surface area contributed by atoms with Gasteiger partial charge in [-0.1, -0.05) is 21.9 Å². The Kier molecular flexibility index (Phi) is 5.68. The molecule has 1 N–H and O–H groups in total. The van der Waals surface area contributed by atoms with Gasteiger partial charge in [0.25, 0.3) is 0 Å². The largest absolute Gasteiger partial charge is 0.481 e. The minimum Gasteiger partial charge on any atom is -0.481 e. The van der Waals surface area contributed by atoms with E-state index in [1.807, 2.05) is 18.2 Å². The fourth-order valence-corrected chi connectivity index (χ4v) is 4.46. The van der Waals surface area contributed by atoms with Crippen LogP contribution < -0.4 is 10.1 Å². The van der Waals surface area contributed by atoms with E-state index in [4.69, 9.17) is 11.2 Å². The van der Waals surface area contributed by atoms with Crippen LogP contribution in [0.1, 0.15) is 18.4 Å². The molecule has 0 aliphatic carbocycles. The lowest BCUT2D eigenvalue weighted by molar-refractivity contribution is 0.363. The van der Waals surface area contributed by atoms with Crippen LogP contribution in [0.4, 0.5) is 0 Å². The zero-order chi connectivity index (χ0) is 15.3. The van der Waals surface area contributed by atoms with Crippen molar-refractivity contribution in [1.82, 2.24) is 5.32 Å². The first kappa shape index (κ1) is 16.3. The van der Waals surface area contributed by atoms with Crippen molar-refractivity contribution in [2.24, 2.45) is 0 Å². The number of nitrogens with one attached hydrogen (secondary N) is 1. The second kappa shape index (κ2) is 7.30. The van der Waals surface area contributed by atoms with Crippen molar-refractivity contribution in [1.29, 1.82) is 0 Å². The minimum atomic E-state index is -2.90. The molecule has 0 aromatic heterocycles. The predicted octanol–water partition coefficient (Wildman–Crippen LogP) is 2.13. The highest BCUT2D eigenvalue weighted by atomic mass is 79.9. The lowest BCUT2D eigenvalue weighted by atomic mass is 10.1. The molecule has 1 aromatic rings. The van der Waals surface area contributed by atoms with Crippen LogP contribution in [0.15, 0.2) is 22.7 Å². The highest BCUT2D eigenvalue weighted by Gasteiger charge is 2.24. The summed E-state index contributed by atoms with van der Waals surface area (Å²) in [5, 5.41) is 3.31. The van der Waals surface area contributed by atoms with Crippen molar-refractivity contribution in [2.45, 2.75) is 25.4 Å². The highest BCUT2D eigenvalue weighted by Crippen LogP contribution is 2.24. The number of rotatable bonds is 5. The fraction of sp³-hybridized carbons (Fsp3) is 0.467. The number of hydrogen-bond acceptors (Lipinski definition) is 4. The second-order valence-corrected chi connectivity index (χ2v) is 8.22. The normalized spacial score (nSPS) is 20.7. The van der Waals surface area contributed by atoms with E-state index in [1.54, 1.807) is 0 Å². The number of benzene rings is 1. The topological polar surface area (TPSA) is 55.4 Å². The van der Waals surface area contributed by atoms with Crippen molar-refractivity contribution in [3.05, 3.63) is 28.2 Å². The molecule has 1 aromatic carbocycles. The Hall–Kier alpha value is -1.03. The molecule has 4 nitrogen and oxygen atoms in total. The molecule has 1 atom stereocenters. The lowest BCUT2D eigenvalue weighted by Crippen LogP contribution is -2.39. The first-order valence-electron chi connectivity index (χ1n) is 6.79. The Morgan fingerprint density at radius 3 is 3.00 bits per heavy atom. The van der Waals surface area contributed by atoms with Gasteiger partial charge in [0.1, 0.15) is 12.4 Å². The van der Waals surface area contributed by atoms with Gasteiger partial charge in [0.05, 0.1) is 11.5 Å². The van der Waals surface area contributed by atoms with E-state index in [9.17, 15) is 8.42 Å². The van der Waals surface area contributed by atoms with Gasteiger partial charge in [-0.2, -0.15) is 0 Å². The number of terminal acetylenes is 1. The van der Waals surface area contributed by atoms with Gasteiger partial charge in [0.2, 0.25) is 0 Å². The summed E-state index contributed by atoms with van der Waals surface area (Å²) < 4.78 is 29.7. The maximum atomic E-state index is 11.6. The molecule has 21 heavy (non-hydrogen) atoms. The van der Waals surface area contributed by atoms with Gasteiger partial charge < -0.3 is 10.1 Å². The Morgan fingerprint density at radius 1 is 1.48 bits per heavy atom. The Morgan fingerprint density at radius 2 is 2.29 bits per heavy atom. The number of hydrogen-bond donors (Lipinski definition) is 1. The maximum absolute atomic E-state index is 11.6. The summed E-state index contributed by atoms with van der Waals surface area (Å²) in [4.78, 5) is 0. The summed E-state index contributed by atoms with van der Waals surface area (Å²) in [6.45, 7) is 0.770. The van der Waals surface area contributed by atoms with Gasteiger partial charge in [-0.05, 0) is 31.0 Å². The molecule has 0 radical (unpaired) electrons. The van der Waals surface area contributed by atoms with Crippen LogP contribution in [-0.4, -0.2) is 32.6 Å². The lowest BCUT2D eigenvalue weighted by Gasteiger charge is -2.23. The number of halogens is 1. The molecule has 1 aliphatic heterocycles. The van der Waals surface area contributed by atoms with Gasteiger partial charge in [-0.25, -0.2) is 8.42 Å². The van der Waals surface area contributed by atoms with Crippen molar-refractivity contribution in [3.8, 4) is 18.1 Å². The molecule has 114 valence electrons. The van der Waals surface area contributed by atoms with Crippen molar-refractivity contribution >= 4 is 25.8 Å². The van der Waals surface area contributed by atoms with Crippen molar-refractivity contribution in [3.63, 3.8) is 0 Å². The fourth-order valence-electron chi connectivity index (χ4n) is 2.38. The maximum Gasteiger partial charge on any atom is 0.151 e. The van der Waals surface area contributed by atoms with E-state index < -0.39 is 9.84 Å². The first-order chi connectivity index (χ1) is 10.00. The third kappa shape index (κ3) is 5.03. The summed E-state index contributed by atoms with van der Waals surface area (Å²) >= 11 is 3.43. The SMILES string of the molecule is C#CCOc1ccc(Br)cc1CNC1CCCS(=O)(=O)C1. The van der Waals surface area contributed by atoms with E-state index in [1.165, 1.54) is 0 Å². The monoisotopic (exact) mass is 371 g/mol. The summed E-state index contributed by atoms with van der Waals surface area (Å²) in [6, 6.07) is 5.70. The Balaban J connectivity index is 2.02. The van der Waals surface area contributed by atoms with Crippen LogP contribution in [0.25, 0.3) is 0 Å². The van der Waals surface area contributed by atoms with Crippen LogP contribution >= 0.6 is 15.9 Å². The molecule has 0 saturated carbocycles. The molecule has 2 rings (SSSR count).